The molecular formula is C31H24ClNO5. The highest BCUT2D eigenvalue weighted by molar-refractivity contribution is 6.51. The Labute approximate surface area is 225 Å². The van der Waals surface area contributed by atoms with Crippen molar-refractivity contribution in [2.24, 2.45) is 0 Å². The van der Waals surface area contributed by atoms with Crippen molar-refractivity contribution in [2.75, 3.05) is 12.0 Å². The molecule has 1 heterocycles. The number of aliphatic hydroxyl groups is 1. The number of carbonyl (C=O) groups is 2. The molecule has 190 valence electrons. The molecule has 7 heteroatoms. The maximum absolute atomic E-state index is 13.4. The first kappa shape index (κ1) is 25.1. The number of aliphatic hydroxyl groups excluding tert-OH is 1. The maximum Gasteiger partial charge on any atom is 0.300 e. The van der Waals surface area contributed by atoms with Crippen molar-refractivity contribution in [3.63, 3.8) is 0 Å². The fourth-order valence-corrected chi connectivity index (χ4v) is 4.78. The Morgan fingerprint density at radius 1 is 0.868 bits per heavy atom. The fourth-order valence-electron chi connectivity index (χ4n) is 4.52. The van der Waals surface area contributed by atoms with Gasteiger partial charge in [0.15, 0.2) is 0 Å². The van der Waals surface area contributed by atoms with Gasteiger partial charge in [-0.15, -0.1) is 0 Å². The van der Waals surface area contributed by atoms with E-state index in [1.54, 1.807) is 36.4 Å². The normalized spacial score (nSPS) is 16.5. The van der Waals surface area contributed by atoms with Crippen LogP contribution < -0.4 is 14.4 Å². The first-order valence-corrected chi connectivity index (χ1v) is 12.3. The van der Waals surface area contributed by atoms with E-state index in [9.17, 15) is 14.7 Å². The summed E-state index contributed by atoms with van der Waals surface area (Å²) in [6, 6.07) is 27.6. The third kappa shape index (κ3) is 4.74. The molecule has 0 spiro atoms. The SMILES string of the molecule is COc1ccc(/C(O)=C2/C(=O)C(=O)N(c3ccc(Oc4ccccc4)cc3)C2c2cccc(C)c2)cc1Cl. The van der Waals surface area contributed by atoms with E-state index in [1.807, 2.05) is 61.5 Å². The van der Waals surface area contributed by atoms with Crippen LogP contribution in [0, 0.1) is 6.92 Å². The van der Waals surface area contributed by atoms with E-state index in [2.05, 4.69) is 0 Å². The molecule has 38 heavy (non-hydrogen) atoms. The number of rotatable bonds is 6. The van der Waals surface area contributed by atoms with Gasteiger partial charge >= 0.3 is 0 Å². The zero-order valence-electron chi connectivity index (χ0n) is 20.7. The van der Waals surface area contributed by atoms with Gasteiger partial charge in [0, 0.05) is 11.3 Å². The summed E-state index contributed by atoms with van der Waals surface area (Å²) >= 11 is 6.28. The number of para-hydroxylation sites is 1. The lowest BCUT2D eigenvalue weighted by molar-refractivity contribution is -0.132. The highest BCUT2D eigenvalue weighted by Crippen LogP contribution is 2.43. The molecule has 0 aliphatic carbocycles. The van der Waals surface area contributed by atoms with Gasteiger partial charge in [0.1, 0.15) is 23.0 Å². The van der Waals surface area contributed by atoms with Crippen LogP contribution in [0.1, 0.15) is 22.7 Å². The number of halogens is 1. The van der Waals surface area contributed by atoms with Crippen molar-refractivity contribution in [1.82, 2.24) is 0 Å². The summed E-state index contributed by atoms with van der Waals surface area (Å²) in [5.41, 5.74) is 2.41. The Morgan fingerprint density at radius 3 is 2.24 bits per heavy atom. The number of aryl methyl sites for hydroxylation is 1. The van der Waals surface area contributed by atoms with Crippen LogP contribution in [0.5, 0.6) is 17.2 Å². The van der Waals surface area contributed by atoms with Gasteiger partial charge in [-0.3, -0.25) is 14.5 Å². The quantitative estimate of drug-likeness (QED) is 0.165. The topological polar surface area (TPSA) is 76.1 Å². The number of anilines is 1. The number of nitrogens with zero attached hydrogens (tertiary/aromatic N) is 1. The van der Waals surface area contributed by atoms with E-state index >= 15 is 0 Å². The summed E-state index contributed by atoms with van der Waals surface area (Å²) < 4.78 is 11.1. The van der Waals surface area contributed by atoms with Gasteiger partial charge < -0.3 is 14.6 Å². The van der Waals surface area contributed by atoms with Gasteiger partial charge in [0.25, 0.3) is 11.7 Å². The van der Waals surface area contributed by atoms with Crippen molar-refractivity contribution in [3.05, 3.63) is 124 Å². The Balaban J connectivity index is 1.60. The molecule has 1 fully saturated rings. The minimum atomic E-state index is -0.850. The number of benzene rings is 4. The van der Waals surface area contributed by atoms with Crippen LogP contribution in [0.15, 0.2) is 103 Å². The van der Waals surface area contributed by atoms with Crippen molar-refractivity contribution in [1.29, 1.82) is 0 Å². The van der Waals surface area contributed by atoms with Gasteiger partial charge in [-0.1, -0.05) is 59.6 Å². The third-order valence-electron chi connectivity index (χ3n) is 6.32. The van der Waals surface area contributed by atoms with Crippen LogP contribution in [-0.2, 0) is 9.59 Å². The molecule has 6 nitrogen and oxygen atoms in total. The van der Waals surface area contributed by atoms with Crippen LogP contribution >= 0.6 is 11.6 Å². The van der Waals surface area contributed by atoms with E-state index in [0.717, 1.165) is 5.56 Å². The maximum atomic E-state index is 13.4. The largest absolute Gasteiger partial charge is 0.507 e. The number of Topliss-reactive ketones (excluding diaryl/α,β-unsaturated/α-hetero) is 1. The standard InChI is InChI=1S/C31H24ClNO5/c1-19-7-6-8-20(17-19)28-27(29(34)21-11-16-26(37-2)25(32)18-21)30(35)31(36)33(28)22-12-14-24(15-13-22)38-23-9-4-3-5-10-23/h3-18,28,34H,1-2H3/b29-27-. The zero-order chi connectivity index (χ0) is 26.8. The Kier molecular flexibility index (Phi) is 6.90. The van der Waals surface area contributed by atoms with E-state index in [-0.39, 0.29) is 16.4 Å². The Bertz CT molecular complexity index is 1550. The molecule has 1 N–H and O–H groups in total. The summed E-state index contributed by atoms with van der Waals surface area (Å²) in [4.78, 5) is 28.2. The van der Waals surface area contributed by atoms with Crippen LogP contribution in [0.3, 0.4) is 0 Å². The molecule has 1 aliphatic rings. The van der Waals surface area contributed by atoms with E-state index in [4.69, 9.17) is 21.1 Å². The molecular weight excluding hydrogens is 502 g/mol. The summed E-state index contributed by atoms with van der Waals surface area (Å²) in [5, 5.41) is 11.6. The first-order valence-electron chi connectivity index (χ1n) is 11.9. The monoisotopic (exact) mass is 525 g/mol. The minimum absolute atomic E-state index is 0.0218. The molecule has 1 unspecified atom stereocenters. The van der Waals surface area contributed by atoms with Crippen LogP contribution in [0.2, 0.25) is 5.02 Å². The lowest BCUT2D eigenvalue weighted by atomic mass is 9.94. The first-order chi connectivity index (χ1) is 18.4. The highest BCUT2D eigenvalue weighted by Gasteiger charge is 2.47. The smallest absolute Gasteiger partial charge is 0.300 e. The number of carbonyl (C=O) groups excluding carboxylic acids is 2. The van der Waals surface area contributed by atoms with E-state index < -0.39 is 17.7 Å². The minimum Gasteiger partial charge on any atom is -0.507 e. The molecule has 1 amide bonds. The Morgan fingerprint density at radius 2 is 1.58 bits per heavy atom. The van der Waals surface area contributed by atoms with Gasteiger partial charge in [-0.25, -0.2) is 0 Å². The molecule has 1 atom stereocenters. The number of hydrogen-bond acceptors (Lipinski definition) is 5. The fraction of sp³-hybridized carbons (Fsp3) is 0.0968. The number of hydrogen-bond donors (Lipinski definition) is 1. The molecule has 0 aromatic heterocycles. The third-order valence-corrected chi connectivity index (χ3v) is 6.62. The second kappa shape index (κ2) is 10.4. The van der Waals surface area contributed by atoms with Gasteiger partial charge in [0.2, 0.25) is 0 Å². The summed E-state index contributed by atoms with van der Waals surface area (Å²) in [6.07, 6.45) is 0. The lowest BCUT2D eigenvalue weighted by Crippen LogP contribution is -2.29. The second-order valence-electron chi connectivity index (χ2n) is 8.84. The molecule has 0 saturated carbocycles. The zero-order valence-corrected chi connectivity index (χ0v) is 21.5. The molecule has 0 radical (unpaired) electrons. The number of ether oxygens (including phenoxy) is 2. The Hall–Kier alpha value is -4.55. The van der Waals surface area contributed by atoms with Crippen LogP contribution in [0.4, 0.5) is 5.69 Å². The average molecular weight is 526 g/mol. The van der Waals surface area contributed by atoms with Crippen LogP contribution in [0.25, 0.3) is 5.76 Å². The molecule has 1 saturated heterocycles. The van der Waals surface area contributed by atoms with E-state index in [0.29, 0.717) is 34.1 Å². The number of ketones is 1. The summed E-state index contributed by atoms with van der Waals surface area (Å²) in [7, 11) is 1.49. The molecule has 0 bridgehead atoms. The summed E-state index contributed by atoms with van der Waals surface area (Å²) in [6.45, 7) is 1.93. The average Bonchev–Trinajstić information content (AvgIpc) is 3.19. The number of methoxy groups -OCH3 is 1. The van der Waals surface area contributed by atoms with Crippen molar-refractivity contribution < 1.29 is 24.2 Å². The van der Waals surface area contributed by atoms with Gasteiger partial charge in [-0.2, -0.15) is 0 Å². The van der Waals surface area contributed by atoms with Crippen molar-refractivity contribution >= 4 is 34.7 Å². The predicted molar refractivity (Wildman–Crippen MR) is 147 cm³/mol. The highest BCUT2D eigenvalue weighted by atomic mass is 35.5. The predicted octanol–water partition coefficient (Wildman–Crippen LogP) is 7.08. The lowest BCUT2D eigenvalue weighted by Gasteiger charge is -2.26. The molecule has 4 aromatic rings. The number of amides is 1. The van der Waals surface area contributed by atoms with Crippen LogP contribution in [-0.4, -0.2) is 23.9 Å². The molecule has 4 aromatic carbocycles. The molecule has 1 aliphatic heterocycles. The second-order valence-corrected chi connectivity index (χ2v) is 9.25. The van der Waals surface area contributed by atoms with Crippen molar-refractivity contribution in [2.45, 2.75) is 13.0 Å². The van der Waals surface area contributed by atoms with Gasteiger partial charge in [0.05, 0.1) is 23.7 Å². The van der Waals surface area contributed by atoms with Gasteiger partial charge in [-0.05, 0) is 67.1 Å². The van der Waals surface area contributed by atoms with Crippen molar-refractivity contribution in [3.8, 4) is 17.2 Å². The molecule has 5 rings (SSSR count). The summed E-state index contributed by atoms with van der Waals surface area (Å²) in [5.74, 6) is -0.155. The van der Waals surface area contributed by atoms with E-state index in [1.165, 1.54) is 18.1 Å².